The zero-order valence-corrected chi connectivity index (χ0v) is 10.4. The van der Waals surface area contributed by atoms with Crippen molar-refractivity contribution in [2.45, 2.75) is 6.42 Å². The number of hydrogen-bond acceptors (Lipinski definition) is 2. The van der Waals surface area contributed by atoms with Gasteiger partial charge in [-0.1, -0.05) is 36.3 Å². The summed E-state index contributed by atoms with van der Waals surface area (Å²) in [4.78, 5) is 11.2. The second-order valence-electron chi connectivity index (χ2n) is 3.32. The lowest BCUT2D eigenvalue weighted by Gasteiger charge is -1.99. The Morgan fingerprint density at radius 3 is 2.88 bits per heavy atom. The van der Waals surface area contributed by atoms with Gasteiger partial charge in [-0.15, -0.1) is 18.2 Å². The number of nitrogens with one attached hydrogen (secondary N) is 1. The van der Waals surface area contributed by atoms with Gasteiger partial charge in [-0.2, -0.15) is 0 Å². The molecule has 0 aliphatic carbocycles. The quantitative estimate of drug-likeness (QED) is 0.616. The number of thioether (sulfide) groups is 1. The third-order valence-electron chi connectivity index (χ3n) is 1.99. The highest BCUT2D eigenvalue weighted by atomic mass is 32.2. The van der Waals surface area contributed by atoms with Gasteiger partial charge in [0.2, 0.25) is 5.91 Å². The van der Waals surface area contributed by atoms with Gasteiger partial charge in [-0.05, 0) is 17.0 Å². The number of carbonyl (C=O) groups excluding carboxylic acids is 1. The molecule has 0 aliphatic heterocycles. The summed E-state index contributed by atoms with van der Waals surface area (Å²) in [7, 11) is 0. The van der Waals surface area contributed by atoms with Crippen LogP contribution in [-0.4, -0.2) is 18.2 Å². The van der Waals surface area contributed by atoms with E-state index in [1.54, 1.807) is 11.8 Å². The first kappa shape index (κ1) is 13.4. The number of rotatable bonds is 6. The maximum absolute atomic E-state index is 11.2. The Morgan fingerprint density at radius 2 is 2.18 bits per heavy atom. The van der Waals surface area contributed by atoms with Gasteiger partial charge in [0.25, 0.3) is 0 Å². The minimum Gasteiger partial charge on any atom is -0.345 e. The number of terminal acetylenes is 1. The third-order valence-corrected chi connectivity index (χ3v) is 2.76. The number of carbonyl (C=O) groups is 1. The molecule has 1 aromatic carbocycles. The molecule has 2 nitrogen and oxygen atoms in total. The van der Waals surface area contributed by atoms with E-state index in [0.717, 1.165) is 11.3 Å². The van der Waals surface area contributed by atoms with Crippen molar-refractivity contribution in [2.24, 2.45) is 0 Å². The molecule has 0 bridgehead atoms. The monoisotopic (exact) mass is 245 g/mol. The Morgan fingerprint density at radius 1 is 1.41 bits per heavy atom. The number of benzene rings is 1. The van der Waals surface area contributed by atoms with Crippen LogP contribution < -0.4 is 5.32 Å². The Hall–Kier alpha value is -1.66. The van der Waals surface area contributed by atoms with Crippen LogP contribution in [0.3, 0.4) is 0 Å². The van der Waals surface area contributed by atoms with Crippen LogP contribution in [-0.2, 0) is 4.79 Å². The molecular formula is C14H15NOS. The summed E-state index contributed by atoms with van der Waals surface area (Å²) in [5.74, 6) is 3.14. The molecule has 88 valence electrons. The average molecular weight is 245 g/mol. The van der Waals surface area contributed by atoms with Gasteiger partial charge in [-0.3, -0.25) is 4.79 Å². The first-order valence-corrected chi connectivity index (χ1v) is 6.41. The average Bonchev–Trinajstić information content (AvgIpc) is 2.37. The fraction of sp³-hybridized carbons (Fsp3) is 0.214. The van der Waals surface area contributed by atoms with Crippen LogP contribution >= 0.6 is 11.8 Å². The smallest absolute Gasteiger partial charge is 0.221 e. The molecule has 0 unspecified atom stereocenters. The topological polar surface area (TPSA) is 29.1 Å². The summed E-state index contributed by atoms with van der Waals surface area (Å²) in [5, 5.41) is 4.63. The van der Waals surface area contributed by atoms with Crippen molar-refractivity contribution in [1.29, 1.82) is 0 Å². The summed E-state index contributed by atoms with van der Waals surface area (Å²) < 4.78 is 0. The summed E-state index contributed by atoms with van der Waals surface area (Å²) in [6.45, 7) is 0.309. The van der Waals surface area contributed by atoms with Crippen LogP contribution in [0.1, 0.15) is 12.0 Å². The number of hydrogen-bond donors (Lipinski definition) is 1. The van der Waals surface area contributed by atoms with Crippen molar-refractivity contribution in [3.8, 4) is 12.3 Å². The maximum atomic E-state index is 11.2. The van der Waals surface area contributed by atoms with Gasteiger partial charge in [0.15, 0.2) is 0 Å². The predicted octanol–water partition coefficient (Wildman–Crippen LogP) is 2.53. The van der Waals surface area contributed by atoms with Crippen molar-refractivity contribution in [3.05, 3.63) is 41.3 Å². The maximum Gasteiger partial charge on any atom is 0.221 e. The molecule has 0 saturated carbocycles. The van der Waals surface area contributed by atoms with Gasteiger partial charge in [-0.25, -0.2) is 0 Å². The molecule has 0 heterocycles. The molecular weight excluding hydrogens is 230 g/mol. The molecule has 17 heavy (non-hydrogen) atoms. The van der Waals surface area contributed by atoms with E-state index in [-0.39, 0.29) is 5.91 Å². The van der Waals surface area contributed by atoms with Crippen molar-refractivity contribution in [1.82, 2.24) is 5.32 Å². The van der Waals surface area contributed by atoms with Gasteiger partial charge in [0.1, 0.15) is 0 Å². The largest absolute Gasteiger partial charge is 0.345 e. The van der Waals surface area contributed by atoms with Crippen molar-refractivity contribution < 1.29 is 4.79 Å². The standard InChI is InChI=1S/C14H15NOS/c1-2-10-15-14(16)9-12-17-11-8-13-6-4-3-5-7-13/h1,3-8,11H,9-10,12H2,(H,15,16)/b11-8-. The molecule has 0 radical (unpaired) electrons. The minimum atomic E-state index is 0.00330. The molecule has 1 rings (SSSR count). The van der Waals surface area contributed by atoms with Gasteiger partial charge >= 0.3 is 0 Å². The summed E-state index contributed by atoms with van der Waals surface area (Å²) >= 11 is 1.62. The highest BCUT2D eigenvalue weighted by Gasteiger charge is 1.97. The molecule has 0 fully saturated rings. The predicted molar refractivity (Wildman–Crippen MR) is 74.4 cm³/mol. The summed E-state index contributed by atoms with van der Waals surface area (Å²) in [6, 6.07) is 10.1. The van der Waals surface area contributed by atoms with Crippen LogP contribution in [0.25, 0.3) is 6.08 Å². The molecule has 0 aromatic heterocycles. The van der Waals surface area contributed by atoms with Crippen LogP contribution in [0.4, 0.5) is 0 Å². The summed E-state index contributed by atoms with van der Waals surface area (Å²) in [5.41, 5.74) is 1.16. The lowest BCUT2D eigenvalue weighted by molar-refractivity contribution is -0.120. The highest BCUT2D eigenvalue weighted by molar-refractivity contribution is 8.02. The summed E-state index contributed by atoms with van der Waals surface area (Å²) in [6.07, 6.45) is 7.56. The second kappa shape index (κ2) is 8.49. The third kappa shape index (κ3) is 6.49. The minimum absolute atomic E-state index is 0.00330. The first-order valence-electron chi connectivity index (χ1n) is 5.36. The highest BCUT2D eigenvalue weighted by Crippen LogP contribution is 2.09. The van der Waals surface area contributed by atoms with Crippen LogP contribution in [0, 0.1) is 12.3 Å². The van der Waals surface area contributed by atoms with Crippen LogP contribution in [0.15, 0.2) is 35.7 Å². The molecule has 0 spiro atoms. The first-order chi connectivity index (χ1) is 8.33. The van der Waals surface area contributed by atoms with Gasteiger partial charge in [0, 0.05) is 12.2 Å². The van der Waals surface area contributed by atoms with E-state index in [1.165, 1.54) is 0 Å². The Kier molecular flexibility index (Phi) is 6.69. The van der Waals surface area contributed by atoms with Gasteiger partial charge < -0.3 is 5.32 Å². The molecule has 1 amide bonds. The number of amides is 1. The van der Waals surface area contributed by atoms with E-state index >= 15 is 0 Å². The molecule has 0 aliphatic rings. The van der Waals surface area contributed by atoms with E-state index in [9.17, 15) is 4.79 Å². The second-order valence-corrected chi connectivity index (χ2v) is 4.33. The Labute approximate surface area is 106 Å². The SMILES string of the molecule is C#CCNC(=O)CCS/C=C\c1ccccc1. The fourth-order valence-electron chi connectivity index (χ4n) is 1.15. The van der Waals surface area contributed by atoms with E-state index in [0.29, 0.717) is 13.0 Å². The fourth-order valence-corrected chi connectivity index (χ4v) is 1.84. The Balaban J connectivity index is 2.14. The van der Waals surface area contributed by atoms with Gasteiger partial charge in [0.05, 0.1) is 6.54 Å². The van der Waals surface area contributed by atoms with E-state index < -0.39 is 0 Å². The van der Waals surface area contributed by atoms with Crippen molar-refractivity contribution in [2.75, 3.05) is 12.3 Å². The van der Waals surface area contributed by atoms with Crippen molar-refractivity contribution in [3.63, 3.8) is 0 Å². The Bertz CT molecular complexity index is 406. The normalized spacial score (nSPS) is 10.1. The lowest BCUT2D eigenvalue weighted by Crippen LogP contribution is -2.23. The van der Waals surface area contributed by atoms with Crippen molar-refractivity contribution >= 4 is 23.7 Å². The zero-order chi connectivity index (χ0) is 12.3. The zero-order valence-electron chi connectivity index (χ0n) is 9.56. The molecule has 3 heteroatoms. The van der Waals surface area contributed by atoms with E-state index in [4.69, 9.17) is 6.42 Å². The molecule has 0 saturated heterocycles. The van der Waals surface area contributed by atoms with Crippen LogP contribution in [0.2, 0.25) is 0 Å². The molecule has 1 N–H and O–H groups in total. The molecule has 0 atom stereocenters. The van der Waals surface area contributed by atoms with E-state index in [2.05, 4.69) is 11.2 Å². The molecule has 1 aromatic rings. The van der Waals surface area contributed by atoms with E-state index in [1.807, 2.05) is 41.8 Å². The lowest BCUT2D eigenvalue weighted by atomic mass is 10.2. The van der Waals surface area contributed by atoms with Crippen LogP contribution in [0.5, 0.6) is 0 Å².